The molecule has 0 amide bonds. The number of aryl methyl sites for hydroxylation is 2. The van der Waals surface area contributed by atoms with E-state index in [1.54, 1.807) is 12.1 Å². The molecule has 5 heteroatoms. The smallest absolute Gasteiger partial charge is 0.207 e. The van der Waals surface area contributed by atoms with Crippen LogP contribution in [0.25, 0.3) is 0 Å². The molecule has 0 atom stereocenters. The van der Waals surface area contributed by atoms with Gasteiger partial charge in [-0.15, -0.1) is 0 Å². The van der Waals surface area contributed by atoms with E-state index in [0.29, 0.717) is 16.1 Å². The first-order valence-corrected chi connectivity index (χ1v) is 6.16. The van der Waals surface area contributed by atoms with Gasteiger partial charge in [-0.2, -0.15) is 0 Å². The third kappa shape index (κ3) is 2.49. The maximum absolute atomic E-state index is 13.6. The Labute approximate surface area is 108 Å². The Kier molecular flexibility index (Phi) is 3.47. The summed E-state index contributed by atoms with van der Waals surface area (Å²) in [5.41, 5.74) is 1.31. The van der Waals surface area contributed by atoms with Crippen LogP contribution in [0.1, 0.15) is 12.6 Å². The lowest BCUT2D eigenvalue weighted by Crippen LogP contribution is -2.03. The molecule has 0 bridgehead atoms. The first-order chi connectivity index (χ1) is 8.11. The van der Waals surface area contributed by atoms with Gasteiger partial charge in [0.2, 0.25) is 5.95 Å². The molecule has 2 aromatic rings. The molecule has 17 heavy (non-hydrogen) atoms. The minimum Gasteiger partial charge on any atom is -0.322 e. The molecule has 0 aliphatic rings. The number of benzene rings is 1. The predicted octanol–water partition coefficient (Wildman–Crippen LogP) is 3.86. The number of hydrogen-bond acceptors (Lipinski definition) is 2. The molecule has 3 nitrogen and oxygen atoms in total. The fourth-order valence-electron chi connectivity index (χ4n) is 1.62. The molecule has 90 valence electrons. The van der Waals surface area contributed by atoms with Crippen molar-refractivity contribution in [2.75, 3.05) is 5.32 Å². The van der Waals surface area contributed by atoms with Crippen molar-refractivity contribution in [3.05, 3.63) is 40.4 Å². The number of nitrogens with one attached hydrogen (secondary N) is 1. The lowest BCUT2D eigenvalue weighted by Gasteiger charge is -2.10. The largest absolute Gasteiger partial charge is 0.322 e. The first-order valence-electron chi connectivity index (χ1n) is 5.36. The molecule has 0 spiro atoms. The van der Waals surface area contributed by atoms with Crippen molar-refractivity contribution in [1.29, 1.82) is 0 Å². The third-order valence-electron chi connectivity index (χ3n) is 2.44. The van der Waals surface area contributed by atoms with Gasteiger partial charge < -0.3 is 9.88 Å². The number of nitrogens with zero attached hydrogens (tertiary/aromatic N) is 2. The molecule has 0 saturated carbocycles. The topological polar surface area (TPSA) is 29.9 Å². The summed E-state index contributed by atoms with van der Waals surface area (Å²) >= 11 is 3.32. The van der Waals surface area contributed by atoms with Gasteiger partial charge in [-0.1, -0.05) is 6.07 Å². The molecule has 0 aliphatic carbocycles. The summed E-state index contributed by atoms with van der Waals surface area (Å²) in [6, 6.07) is 4.86. The molecule has 0 unspecified atom stereocenters. The highest BCUT2D eigenvalue weighted by Gasteiger charge is 2.10. The van der Waals surface area contributed by atoms with Gasteiger partial charge in [0.05, 0.1) is 11.4 Å². The van der Waals surface area contributed by atoms with Crippen LogP contribution in [0.5, 0.6) is 0 Å². The van der Waals surface area contributed by atoms with Crippen molar-refractivity contribution in [3.8, 4) is 0 Å². The number of halogens is 2. The van der Waals surface area contributed by atoms with E-state index in [-0.39, 0.29) is 5.82 Å². The molecule has 1 N–H and O–H groups in total. The summed E-state index contributed by atoms with van der Waals surface area (Å²) in [6.45, 7) is 4.71. The van der Waals surface area contributed by atoms with Crippen molar-refractivity contribution in [1.82, 2.24) is 9.55 Å². The molecule has 0 fully saturated rings. The van der Waals surface area contributed by atoms with E-state index < -0.39 is 0 Å². The predicted molar refractivity (Wildman–Crippen MR) is 70.0 cm³/mol. The van der Waals surface area contributed by atoms with E-state index in [0.717, 1.165) is 12.2 Å². The number of hydrogen-bond donors (Lipinski definition) is 1. The van der Waals surface area contributed by atoms with E-state index in [2.05, 4.69) is 26.2 Å². The quantitative estimate of drug-likeness (QED) is 0.932. The summed E-state index contributed by atoms with van der Waals surface area (Å²) in [5.74, 6) is 0.346. The summed E-state index contributed by atoms with van der Waals surface area (Å²) in [4.78, 5) is 4.32. The summed E-state index contributed by atoms with van der Waals surface area (Å²) in [6.07, 6.45) is 1.93. The molecule has 1 aromatic heterocycles. The van der Waals surface area contributed by atoms with Crippen LogP contribution >= 0.6 is 15.9 Å². The Morgan fingerprint density at radius 1 is 1.47 bits per heavy atom. The van der Waals surface area contributed by atoms with Crippen molar-refractivity contribution in [3.63, 3.8) is 0 Å². The zero-order valence-corrected chi connectivity index (χ0v) is 11.3. The van der Waals surface area contributed by atoms with Gasteiger partial charge in [-0.25, -0.2) is 9.37 Å². The number of rotatable bonds is 3. The van der Waals surface area contributed by atoms with E-state index in [1.807, 2.05) is 24.6 Å². The highest BCUT2D eigenvalue weighted by molar-refractivity contribution is 9.10. The van der Waals surface area contributed by atoms with Crippen LogP contribution in [0.4, 0.5) is 16.0 Å². The Morgan fingerprint density at radius 2 is 2.24 bits per heavy atom. The lowest BCUT2D eigenvalue weighted by molar-refractivity contribution is 0.630. The summed E-state index contributed by atoms with van der Waals surface area (Å²) in [7, 11) is 0. The van der Waals surface area contributed by atoms with Gasteiger partial charge in [0.15, 0.2) is 0 Å². The molecule has 1 heterocycles. The molecule has 2 rings (SSSR count). The fraction of sp³-hybridized carbons (Fsp3) is 0.250. The Morgan fingerprint density at radius 3 is 2.88 bits per heavy atom. The van der Waals surface area contributed by atoms with Gasteiger partial charge in [-0.05, 0) is 41.9 Å². The highest BCUT2D eigenvalue weighted by Crippen LogP contribution is 2.28. The van der Waals surface area contributed by atoms with Gasteiger partial charge >= 0.3 is 0 Å². The van der Waals surface area contributed by atoms with Gasteiger partial charge in [0.1, 0.15) is 5.82 Å². The van der Waals surface area contributed by atoms with Crippen molar-refractivity contribution < 1.29 is 4.39 Å². The third-order valence-corrected chi connectivity index (χ3v) is 3.10. The SMILES string of the molecule is CCn1cc(C)nc1Nc1c(F)cccc1Br. The van der Waals surface area contributed by atoms with Crippen molar-refractivity contribution in [2.24, 2.45) is 0 Å². The number of imidazole rings is 1. The fourth-order valence-corrected chi connectivity index (χ4v) is 2.06. The minimum absolute atomic E-state index is 0.303. The molecule has 0 aliphatic heterocycles. The summed E-state index contributed by atoms with van der Waals surface area (Å²) < 4.78 is 16.3. The lowest BCUT2D eigenvalue weighted by atomic mass is 10.3. The van der Waals surface area contributed by atoms with Crippen molar-refractivity contribution in [2.45, 2.75) is 20.4 Å². The standard InChI is InChI=1S/C12H13BrFN3/c1-3-17-7-8(2)15-12(17)16-11-9(13)5-4-6-10(11)14/h4-7H,3H2,1-2H3,(H,15,16). The van der Waals surface area contributed by atoms with Gasteiger partial charge in [0, 0.05) is 17.2 Å². The van der Waals surface area contributed by atoms with E-state index in [4.69, 9.17) is 0 Å². The Hall–Kier alpha value is -1.36. The Bertz CT molecular complexity index is 516. The number of para-hydroxylation sites is 1. The first kappa shape index (κ1) is 12.1. The zero-order chi connectivity index (χ0) is 12.4. The number of aromatic nitrogens is 2. The van der Waals surface area contributed by atoms with Crippen LogP contribution in [0.3, 0.4) is 0 Å². The van der Waals surface area contributed by atoms with Crippen LogP contribution in [0, 0.1) is 12.7 Å². The average Bonchev–Trinajstić information content (AvgIpc) is 2.64. The zero-order valence-electron chi connectivity index (χ0n) is 9.67. The normalized spacial score (nSPS) is 10.6. The second kappa shape index (κ2) is 4.87. The minimum atomic E-state index is -0.303. The van der Waals surface area contributed by atoms with E-state index in [9.17, 15) is 4.39 Å². The maximum atomic E-state index is 13.6. The van der Waals surface area contributed by atoms with E-state index in [1.165, 1.54) is 6.07 Å². The van der Waals surface area contributed by atoms with Gasteiger partial charge in [0.25, 0.3) is 0 Å². The van der Waals surface area contributed by atoms with E-state index >= 15 is 0 Å². The molecular weight excluding hydrogens is 285 g/mol. The molecule has 1 aromatic carbocycles. The average molecular weight is 298 g/mol. The Balaban J connectivity index is 2.37. The van der Waals surface area contributed by atoms with Gasteiger partial charge in [-0.3, -0.25) is 0 Å². The van der Waals surface area contributed by atoms with Crippen LogP contribution in [0.2, 0.25) is 0 Å². The maximum Gasteiger partial charge on any atom is 0.207 e. The van der Waals surface area contributed by atoms with Crippen LogP contribution in [-0.4, -0.2) is 9.55 Å². The second-order valence-corrected chi connectivity index (χ2v) is 4.57. The second-order valence-electron chi connectivity index (χ2n) is 3.71. The highest BCUT2D eigenvalue weighted by atomic mass is 79.9. The van der Waals surface area contributed by atoms with Crippen LogP contribution in [-0.2, 0) is 6.54 Å². The number of anilines is 2. The molecule has 0 saturated heterocycles. The summed E-state index contributed by atoms with van der Waals surface area (Å²) in [5, 5.41) is 3.01. The molecule has 0 radical (unpaired) electrons. The molecular formula is C12H13BrFN3. The monoisotopic (exact) mass is 297 g/mol. The van der Waals surface area contributed by atoms with Crippen LogP contribution in [0.15, 0.2) is 28.9 Å². The van der Waals surface area contributed by atoms with Crippen molar-refractivity contribution >= 4 is 27.6 Å². The van der Waals surface area contributed by atoms with Crippen LogP contribution < -0.4 is 5.32 Å².